The molecule has 3 amide bonds. The number of carbonyl (C=O) groups excluding carboxylic acids is 3. The third kappa shape index (κ3) is 5.22. The molecule has 1 aliphatic heterocycles. The number of sulfonamides is 1. The lowest BCUT2D eigenvalue weighted by atomic mass is 9.85. The lowest BCUT2D eigenvalue weighted by molar-refractivity contribution is -0.140. The molecule has 0 unspecified atom stereocenters. The summed E-state index contributed by atoms with van der Waals surface area (Å²) < 4.78 is 33.3. The third-order valence-corrected chi connectivity index (χ3v) is 7.68. The first-order chi connectivity index (χ1) is 16.7. The standard InChI is InChI=1S/C25H27N3O6S/c1-16-7-12-19(35(32,33)27-17-8-10-18(34-2)11-9-17)15-22(16)26-23(29)13-14-28-24(30)20-5-3-4-6-21(20)25(28)31/h3-4,7-12,15,20-21,27H,5-6,13-14H2,1-2H3,(H,26,29)/t20-,21-/m1/s1. The van der Waals surface area contributed by atoms with Gasteiger partial charge in [-0.25, -0.2) is 8.42 Å². The van der Waals surface area contributed by atoms with Crippen molar-refractivity contribution in [2.45, 2.75) is 31.1 Å². The van der Waals surface area contributed by atoms with E-state index in [4.69, 9.17) is 4.74 Å². The molecule has 1 heterocycles. The molecule has 1 saturated heterocycles. The Morgan fingerprint density at radius 1 is 1.03 bits per heavy atom. The number of fused-ring (bicyclic) bond motifs is 1. The number of amides is 3. The molecule has 184 valence electrons. The van der Waals surface area contributed by atoms with Crippen LogP contribution in [-0.4, -0.2) is 44.7 Å². The van der Waals surface area contributed by atoms with E-state index in [0.717, 1.165) is 0 Å². The fourth-order valence-corrected chi connectivity index (χ4v) is 5.38. The molecule has 9 nitrogen and oxygen atoms in total. The van der Waals surface area contributed by atoms with Gasteiger partial charge >= 0.3 is 0 Å². The second-order valence-electron chi connectivity index (χ2n) is 8.59. The van der Waals surface area contributed by atoms with Crippen LogP contribution in [0, 0.1) is 18.8 Å². The zero-order valence-corrected chi connectivity index (χ0v) is 20.3. The van der Waals surface area contributed by atoms with Crippen molar-refractivity contribution in [3.63, 3.8) is 0 Å². The second kappa shape index (κ2) is 9.91. The van der Waals surface area contributed by atoms with E-state index < -0.39 is 15.9 Å². The SMILES string of the molecule is COc1ccc(NS(=O)(=O)c2ccc(C)c(NC(=O)CCN3C(=O)[C@@H]4CC=CC[C@H]4C3=O)c2)cc1. The lowest BCUT2D eigenvalue weighted by Gasteiger charge is -2.15. The van der Waals surface area contributed by atoms with Gasteiger partial charge < -0.3 is 10.1 Å². The number of imide groups is 1. The molecular formula is C25H27N3O6S. The van der Waals surface area contributed by atoms with E-state index in [1.165, 1.54) is 24.1 Å². The molecule has 0 spiro atoms. The number of nitrogens with one attached hydrogen (secondary N) is 2. The number of hydrogen-bond donors (Lipinski definition) is 2. The van der Waals surface area contributed by atoms with Gasteiger partial charge in [0, 0.05) is 24.3 Å². The molecule has 2 aromatic rings. The van der Waals surface area contributed by atoms with Crippen molar-refractivity contribution >= 4 is 39.1 Å². The number of aryl methyl sites for hydroxylation is 1. The molecule has 4 rings (SSSR count). The molecule has 2 N–H and O–H groups in total. The zero-order valence-electron chi connectivity index (χ0n) is 19.5. The highest BCUT2D eigenvalue weighted by atomic mass is 32.2. The molecule has 1 fully saturated rings. The number of allylic oxidation sites excluding steroid dienone is 2. The Morgan fingerprint density at radius 3 is 2.26 bits per heavy atom. The normalized spacial score (nSPS) is 19.4. The Balaban J connectivity index is 1.40. The molecule has 0 saturated carbocycles. The number of hydrogen-bond acceptors (Lipinski definition) is 6. The topological polar surface area (TPSA) is 122 Å². The number of nitrogens with zero attached hydrogens (tertiary/aromatic N) is 1. The van der Waals surface area contributed by atoms with Gasteiger partial charge in [0.05, 0.1) is 23.8 Å². The van der Waals surface area contributed by atoms with Crippen LogP contribution in [0.25, 0.3) is 0 Å². The first-order valence-corrected chi connectivity index (χ1v) is 12.8. The fourth-order valence-electron chi connectivity index (χ4n) is 4.29. The van der Waals surface area contributed by atoms with Crippen LogP contribution in [0.15, 0.2) is 59.5 Å². The van der Waals surface area contributed by atoms with E-state index in [2.05, 4.69) is 10.0 Å². The molecular weight excluding hydrogens is 470 g/mol. The van der Waals surface area contributed by atoms with Gasteiger partial charge in [0.1, 0.15) is 5.75 Å². The maximum Gasteiger partial charge on any atom is 0.261 e. The van der Waals surface area contributed by atoms with Crippen LogP contribution in [0.5, 0.6) is 5.75 Å². The van der Waals surface area contributed by atoms with Crippen LogP contribution in [0.4, 0.5) is 11.4 Å². The summed E-state index contributed by atoms with van der Waals surface area (Å²) in [6.07, 6.45) is 4.84. The van der Waals surface area contributed by atoms with Crippen LogP contribution in [-0.2, 0) is 24.4 Å². The second-order valence-corrected chi connectivity index (χ2v) is 10.3. The van der Waals surface area contributed by atoms with Crippen molar-refractivity contribution in [1.82, 2.24) is 4.90 Å². The number of methoxy groups -OCH3 is 1. The molecule has 1 aliphatic carbocycles. The quantitative estimate of drug-likeness (QED) is 0.427. The maximum atomic E-state index is 12.9. The Kier molecular flexibility index (Phi) is 6.93. The molecule has 10 heteroatoms. The van der Waals surface area contributed by atoms with Crippen LogP contribution >= 0.6 is 0 Å². The van der Waals surface area contributed by atoms with E-state index in [1.807, 2.05) is 12.2 Å². The van der Waals surface area contributed by atoms with Gasteiger partial charge in [0.25, 0.3) is 10.0 Å². The number of anilines is 2. The number of likely N-dealkylation sites (tertiary alicyclic amines) is 1. The summed E-state index contributed by atoms with van der Waals surface area (Å²) in [4.78, 5) is 38.9. The van der Waals surface area contributed by atoms with Crippen LogP contribution in [0.2, 0.25) is 0 Å². The van der Waals surface area contributed by atoms with Crippen molar-refractivity contribution in [2.75, 3.05) is 23.7 Å². The first-order valence-electron chi connectivity index (χ1n) is 11.3. The van der Waals surface area contributed by atoms with Crippen molar-refractivity contribution in [3.8, 4) is 5.75 Å². The average molecular weight is 498 g/mol. The van der Waals surface area contributed by atoms with E-state index in [-0.39, 0.29) is 41.5 Å². The smallest absolute Gasteiger partial charge is 0.261 e. The van der Waals surface area contributed by atoms with Gasteiger partial charge in [0.15, 0.2) is 0 Å². The maximum absolute atomic E-state index is 12.9. The molecule has 0 bridgehead atoms. The summed E-state index contributed by atoms with van der Waals surface area (Å²) in [5.41, 5.74) is 1.38. The van der Waals surface area contributed by atoms with Gasteiger partial charge in [-0.1, -0.05) is 18.2 Å². The van der Waals surface area contributed by atoms with Crippen molar-refractivity contribution in [3.05, 3.63) is 60.2 Å². The molecule has 35 heavy (non-hydrogen) atoms. The van der Waals surface area contributed by atoms with Crippen LogP contribution in [0.3, 0.4) is 0 Å². The predicted octanol–water partition coefficient (Wildman–Crippen LogP) is 3.08. The van der Waals surface area contributed by atoms with E-state index in [9.17, 15) is 22.8 Å². The average Bonchev–Trinajstić information content (AvgIpc) is 3.09. The van der Waals surface area contributed by atoms with Gasteiger partial charge in [-0.2, -0.15) is 0 Å². The number of carbonyl (C=O) groups is 3. The van der Waals surface area contributed by atoms with Crippen LogP contribution < -0.4 is 14.8 Å². The van der Waals surface area contributed by atoms with Gasteiger partial charge in [-0.3, -0.25) is 24.0 Å². The number of benzene rings is 2. The summed E-state index contributed by atoms with van der Waals surface area (Å²) in [5.74, 6) is -0.951. The Hall–Kier alpha value is -3.66. The Bertz CT molecular complexity index is 1260. The van der Waals surface area contributed by atoms with Gasteiger partial charge in [0.2, 0.25) is 17.7 Å². The molecule has 2 aliphatic rings. The zero-order chi connectivity index (χ0) is 25.2. The number of ether oxygens (including phenoxy) is 1. The van der Waals surface area contributed by atoms with E-state index in [0.29, 0.717) is 35.5 Å². The minimum absolute atomic E-state index is 0.00738. The molecule has 2 atom stereocenters. The van der Waals surface area contributed by atoms with Crippen molar-refractivity contribution < 1.29 is 27.5 Å². The Morgan fingerprint density at radius 2 is 1.66 bits per heavy atom. The van der Waals surface area contributed by atoms with Gasteiger partial charge in [-0.15, -0.1) is 0 Å². The minimum atomic E-state index is -3.91. The summed E-state index contributed by atoms with van der Waals surface area (Å²) in [5, 5.41) is 2.71. The third-order valence-electron chi connectivity index (χ3n) is 6.30. The summed E-state index contributed by atoms with van der Waals surface area (Å²) >= 11 is 0. The van der Waals surface area contributed by atoms with E-state index >= 15 is 0 Å². The van der Waals surface area contributed by atoms with Crippen LogP contribution in [0.1, 0.15) is 24.8 Å². The Labute approximate surface area is 204 Å². The summed E-state index contributed by atoms with van der Waals surface area (Å²) in [6, 6.07) is 10.9. The molecule has 0 aromatic heterocycles. The first kappa shape index (κ1) is 24.5. The van der Waals surface area contributed by atoms with Crippen molar-refractivity contribution in [1.29, 1.82) is 0 Å². The predicted molar refractivity (Wildman–Crippen MR) is 130 cm³/mol. The molecule has 0 radical (unpaired) electrons. The lowest BCUT2D eigenvalue weighted by Crippen LogP contribution is -2.34. The highest BCUT2D eigenvalue weighted by Crippen LogP contribution is 2.35. The minimum Gasteiger partial charge on any atom is -0.497 e. The fraction of sp³-hybridized carbons (Fsp3) is 0.320. The highest BCUT2D eigenvalue weighted by molar-refractivity contribution is 7.92. The summed E-state index contributed by atoms with van der Waals surface area (Å²) in [7, 11) is -2.39. The monoisotopic (exact) mass is 497 g/mol. The number of rotatable bonds is 8. The largest absolute Gasteiger partial charge is 0.497 e. The molecule has 2 aromatic carbocycles. The van der Waals surface area contributed by atoms with E-state index in [1.54, 1.807) is 37.3 Å². The van der Waals surface area contributed by atoms with Gasteiger partial charge in [-0.05, 0) is 61.7 Å². The van der Waals surface area contributed by atoms with Crippen molar-refractivity contribution in [2.24, 2.45) is 11.8 Å². The highest BCUT2D eigenvalue weighted by Gasteiger charge is 2.46. The summed E-state index contributed by atoms with van der Waals surface area (Å²) in [6.45, 7) is 1.74.